The minimum Gasteiger partial charge on any atom is -0.396 e. The summed E-state index contributed by atoms with van der Waals surface area (Å²) in [6.07, 6.45) is 2.97. The number of nitrogens with one attached hydrogen (secondary N) is 1. The maximum atomic E-state index is 11.1. The standard InChI is InChI=1S/C11H25NO3S/c1-10(8-16(4,14)15)12-9-11(2,3)6-5-7-13/h10,12-13H,5-9H2,1-4H3. The van der Waals surface area contributed by atoms with Gasteiger partial charge in [-0.25, -0.2) is 8.42 Å². The normalized spacial score (nSPS) is 15.1. The monoisotopic (exact) mass is 251 g/mol. The van der Waals surface area contributed by atoms with Gasteiger partial charge in [0.1, 0.15) is 9.84 Å². The fourth-order valence-electron chi connectivity index (χ4n) is 1.61. The van der Waals surface area contributed by atoms with Gasteiger partial charge in [0, 0.05) is 25.4 Å². The fraction of sp³-hybridized carbons (Fsp3) is 1.00. The Morgan fingerprint density at radius 2 is 1.94 bits per heavy atom. The van der Waals surface area contributed by atoms with Crippen LogP contribution in [0.5, 0.6) is 0 Å². The topological polar surface area (TPSA) is 66.4 Å². The molecule has 0 aromatic rings. The molecule has 0 heterocycles. The molecule has 0 bridgehead atoms. The van der Waals surface area contributed by atoms with Gasteiger partial charge < -0.3 is 10.4 Å². The number of aliphatic hydroxyl groups excluding tert-OH is 1. The van der Waals surface area contributed by atoms with E-state index < -0.39 is 9.84 Å². The Morgan fingerprint density at radius 1 is 1.38 bits per heavy atom. The van der Waals surface area contributed by atoms with Crippen LogP contribution >= 0.6 is 0 Å². The molecule has 0 rings (SSSR count). The van der Waals surface area contributed by atoms with Gasteiger partial charge in [-0.3, -0.25) is 0 Å². The fourth-order valence-corrected chi connectivity index (χ4v) is 2.64. The number of aliphatic hydroxyl groups is 1. The third-order valence-corrected chi connectivity index (χ3v) is 3.60. The third kappa shape index (κ3) is 9.12. The molecule has 0 spiro atoms. The van der Waals surface area contributed by atoms with Crippen LogP contribution in [0.3, 0.4) is 0 Å². The zero-order valence-electron chi connectivity index (χ0n) is 10.8. The molecule has 0 aliphatic carbocycles. The van der Waals surface area contributed by atoms with Crippen molar-refractivity contribution in [2.75, 3.05) is 25.2 Å². The average molecular weight is 251 g/mol. The van der Waals surface area contributed by atoms with E-state index in [9.17, 15) is 8.42 Å². The van der Waals surface area contributed by atoms with Crippen LogP contribution in [0.25, 0.3) is 0 Å². The van der Waals surface area contributed by atoms with Gasteiger partial charge in [-0.1, -0.05) is 13.8 Å². The van der Waals surface area contributed by atoms with E-state index in [1.807, 2.05) is 6.92 Å². The van der Waals surface area contributed by atoms with Crippen molar-refractivity contribution in [2.45, 2.75) is 39.7 Å². The molecule has 5 heteroatoms. The molecule has 0 amide bonds. The lowest BCUT2D eigenvalue weighted by atomic mass is 9.88. The molecule has 0 radical (unpaired) electrons. The van der Waals surface area contributed by atoms with Gasteiger partial charge >= 0.3 is 0 Å². The zero-order chi connectivity index (χ0) is 12.8. The SMILES string of the molecule is CC(CS(C)(=O)=O)NCC(C)(C)CCCO. The molecule has 0 saturated carbocycles. The molecule has 0 fully saturated rings. The Morgan fingerprint density at radius 3 is 2.38 bits per heavy atom. The summed E-state index contributed by atoms with van der Waals surface area (Å²) in [5, 5.41) is 12.0. The van der Waals surface area contributed by atoms with Gasteiger partial charge in [-0.15, -0.1) is 0 Å². The predicted molar refractivity (Wildman–Crippen MR) is 67.3 cm³/mol. The summed E-state index contributed by atoms with van der Waals surface area (Å²) in [6, 6.07) is -0.0246. The highest BCUT2D eigenvalue weighted by atomic mass is 32.2. The largest absolute Gasteiger partial charge is 0.396 e. The molecule has 1 atom stereocenters. The summed E-state index contributed by atoms with van der Waals surface area (Å²) < 4.78 is 22.1. The second-order valence-electron chi connectivity index (χ2n) is 5.37. The van der Waals surface area contributed by atoms with Crippen molar-refractivity contribution in [3.05, 3.63) is 0 Å². The molecule has 0 aliphatic rings. The number of rotatable bonds is 8. The molecule has 4 nitrogen and oxygen atoms in total. The molecular weight excluding hydrogens is 226 g/mol. The molecule has 0 aliphatic heterocycles. The van der Waals surface area contributed by atoms with Crippen LogP contribution in [0.15, 0.2) is 0 Å². The van der Waals surface area contributed by atoms with Crippen molar-refractivity contribution in [1.29, 1.82) is 0 Å². The summed E-state index contributed by atoms with van der Waals surface area (Å²) in [4.78, 5) is 0. The molecule has 0 aromatic heterocycles. The molecule has 2 N–H and O–H groups in total. The molecule has 0 aromatic carbocycles. The molecule has 0 saturated heterocycles. The molecule has 1 unspecified atom stereocenters. The minimum absolute atomic E-state index is 0.0246. The molecular formula is C11H25NO3S. The van der Waals surface area contributed by atoms with Crippen molar-refractivity contribution in [3.8, 4) is 0 Å². The van der Waals surface area contributed by atoms with E-state index in [2.05, 4.69) is 19.2 Å². The quantitative estimate of drug-likeness (QED) is 0.670. The Bertz CT molecular complexity index is 286. The lowest BCUT2D eigenvalue weighted by Crippen LogP contribution is -2.39. The summed E-state index contributed by atoms with van der Waals surface area (Å²) in [6.45, 7) is 7.08. The van der Waals surface area contributed by atoms with Crippen molar-refractivity contribution < 1.29 is 13.5 Å². The van der Waals surface area contributed by atoms with Crippen LogP contribution in [-0.2, 0) is 9.84 Å². The number of hydrogen-bond donors (Lipinski definition) is 2. The second-order valence-corrected chi connectivity index (χ2v) is 7.55. The first-order chi connectivity index (χ1) is 7.16. The highest BCUT2D eigenvalue weighted by molar-refractivity contribution is 7.90. The first-order valence-corrected chi connectivity index (χ1v) is 7.74. The van der Waals surface area contributed by atoms with Crippen molar-refractivity contribution in [2.24, 2.45) is 5.41 Å². The van der Waals surface area contributed by atoms with Gasteiger partial charge in [0.05, 0.1) is 5.75 Å². The van der Waals surface area contributed by atoms with E-state index in [1.165, 1.54) is 6.26 Å². The maximum absolute atomic E-state index is 11.1. The Kier molecular flexibility index (Phi) is 6.51. The lowest BCUT2D eigenvalue weighted by molar-refractivity contribution is 0.234. The second kappa shape index (κ2) is 6.57. The van der Waals surface area contributed by atoms with Crippen LogP contribution in [0.1, 0.15) is 33.6 Å². The summed E-state index contributed by atoms with van der Waals surface area (Å²) in [5.41, 5.74) is 0.0918. The highest BCUT2D eigenvalue weighted by Crippen LogP contribution is 2.20. The van der Waals surface area contributed by atoms with E-state index in [4.69, 9.17) is 5.11 Å². The minimum atomic E-state index is -2.91. The van der Waals surface area contributed by atoms with Crippen molar-refractivity contribution in [1.82, 2.24) is 5.32 Å². The molecule has 16 heavy (non-hydrogen) atoms. The smallest absolute Gasteiger partial charge is 0.148 e. The van der Waals surface area contributed by atoms with Crippen LogP contribution < -0.4 is 5.32 Å². The lowest BCUT2D eigenvalue weighted by Gasteiger charge is -2.26. The summed E-state index contributed by atoms with van der Waals surface area (Å²) in [5.74, 6) is 0.170. The van der Waals surface area contributed by atoms with Crippen LogP contribution in [-0.4, -0.2) is 44.7 Å². The van der Waals surface area contributed by atoms with Gasteiger partial charge in [0.25, 0.3) is 0 Å². The van der Waals surface area contributed by atoms with Gasteiger partial charge in [-0.2, -0.15) is 0 Å². The zero-order valence-corrected chi connectivity index (χ0v) is 11.6. The number of hydrogen-bond acceptors (Lipinski definition) is 4. The number of sulfone groups is 1. The van der Waals surface area contributed by atoms with E-state index >= 15 is 0 Å². The van der Waals surface area contributed by atoms with E-state index in [0.717, 1.165) is 19.4 Å². The van der Waals surface area contributed by atoms with E-state index in [0.29, 0.717) is 0 Å². The summed E-state index contributed by atoms with van der Waals surface area (Å²) >= 11 is 0. The Hall–Kier alpha value is -0.130. The van der Waals surface area contributed by atoms with Crippen LogP contribution in [0, 0.1) is 5.41 Å². The predicted octanol–water partition coefficient (Wildman–Crippen LogP) is 0.808. The first kappa shape index (κ1) is 15.9. The molecule has 98 valence electrons. The van der Waals surface area contributed by atoms with Crippen LogP contribution in [0.2, 0.25) is 0 Å². The van der Waals surface area contributed by atoms with Crippen LogP contribution in [0.4, 0.5) is 0 Å². The van der Waals surface area contributed by atoms with Crippen molar-refractivity contribution >= 4 is 9.84 Å². The van der Waals surface area contributed by atoms with E-state index in [-0.39, 0.29) is 23.8 Å². The average Bonchev–Trinajstić information content (AvgIpc) is 2.09. The van der Waals surface area contributed by atoms with E-state index in [1.54, 1.807) is 0 Å². The Balaban J connectivity index is 3.94. The Labute approximate surface area is 99.4 Å². The van der Waals surface area contributed by atoms with Gasteiger partial charge in [0.2, 0.25) is 0 Å². The van der Waals surface area contributed by atoms with Gasteiger partial charge in [0.15, 0.2) is 0 Å². The van der Waals surface area contributed by atoms with Gasteiger partial charge in [-0.05, 0) is 25.2 Å². The highest BCUT2D eigenvalue weighted by Gasteiger charge is 2.19. The third-order valence-electron chi connectivity index (χ3n) is 2.49. The summed E-state index contributed by atoms with van der Waals surface area (Å²) in [7, 11) is -2.91. The first-order valence-electron chi connectivity index (χ1n) is 5.68. The maximum Gasteiger partial charge on any atom is 0.148 e. The van der Waals surface area contributed by atoms with Crippen molar-refractivity contribution in [3.63, 3.8) is 0 Å².